The molecule has 10 heteroatoms. The summed E-state index contributed by atoms with van der Waals surface area (Å²) >= 11 is 1.53. The predicted molar refractivity (Wildman–Crippen MR) is 119 cm³/mol. The van der Waals surface area contributed by atoms with Crippen LogP contribution < -0.4 is 5.32 Å². The van der Waals surface area contributed by atoms with Crippen LogP contribution in [0.4, 0.5) is 5.69 Å². The first kappa shape index (κ1) is 22.0. The molecule has 1 atom stereocenters. The second-order valence-corrected chi connectivity index (χ2v) is 7.98. The Balaban J connectivity index is 1.40. The highest BCUT2D eigenvalue weighted by atomic mass is 32.1. The Kier molecular flexibility index (Phi) is 6.61. The second-order valence-electron chi connectivity index (χ2n) is 7.03. The molecule has 0 radical (unpaired) electrons. The SMILES string of the molecule is N#CCC(=O)Nc1ccc(C(=O)OCC(=O)N2N=C(c3cccs3)CC2c2ccco2)cc1. The zero-order valence-electron chi connectivity index (χ0n) is 17.3. The minimum absolute atomic E-state index is 0.216. The molecule has 0 saturated carbocycles. The number of thiophene rings is 1. The van der Waals surface area contributed by atoms with Crippen molar-refractivity contribution >= 4 is 40.5 Å². The molecule has 1 aliphatic rings. The Hall–Kier alpha value is -4.23. The van der Waals surface area contributed by atoms with Gasteiger partial charge in [0.2, 0.25) is 5.91 Å². The summed E-state index contributed by atoms with van der Waals surface area (Å²) in [6.07, 6.45) is 1.76. The van der Waals surface area contributed by atoms with Crippen LogP contribution in [0.5, 0.6) is 0 Å². The Morgan fingerprint density at radius 3 is 2.70 bits per heavy atom. The first-order valence-electron chi connectivity index (χ1n) is 9.96. The number of nitrogens with zero attached hydrogens (tertiary/aromatic N) is 3. The van der Waals surface area contributed by atoms with Gasteiger partial charge in [-0.2, -0.15) is 10.4 Å². The zero-order chi connectivity index (χ0) is 23.2. The highest BCUT2D eigenvalue weighted by Gasteiger charge is 2.35. The van der Waals surface area contributed by atoms with Crippen LogP contribution in [0.1, 0.15) is 39.9 Å². The van der Waals surface area contributed by atoms with Crippen LogP contribution in [0.3, 0.4) is 0 Å². The lowest BCUT2D eigenvalue weighted by atomic mass is 10.1. The van der Waals surface area contributed by atoms with Gasteiger partial charge < -0.3 is 14.5 Å². The summed E-state index contributed by atoms with van der Waals surface area (Å²) in [5.74, 6) is -1.01. The molecule has 0 spiro atoms. The number of amides is 2. The molecule has 2 amide bonds. The van der Waals surface area contributed by atoms with Crippen molar-refractivity contribution in [2.24, 2.45) is 5.10 Å². The topological polar surface area (TPSA) is 125 Å². The Morgan fingerprint density at radius 1 is 1.21 bits per heavy atom. The standard InChI is InChI=1S/C23H18N4O5S/c24-10-9-21(28)25-16-7-5-15(6-8-16)23(30)32-14-22(29)27-18(19-3-1-11-31-19)13-17(26-27)20-4-2-12-33-20/h1-8,11-12,18H,9,13-14H2,(H,25,28). The molecule has 0 aliphatic carbocycles. The largest absolute Gasteiger partial charge is 0.467 e. The van der Waals surface area contributed by atoms with Crippen LogP contribution in [0, 0.1) is 11.3 Å². The number of hydrogen-bond acceptors (Lipinski definition) is 8. The van der Waals surface area contributed by atoms with Crippen molar-refractivity contribution in [1.29, 1.82) is 5.26 Å². The molecule has 33 heavy (non-hydrogen) atoms. The highest BCUT2D eigenvalue weighted by molar-refractivity contribution is 7.12. The lowest BCUT2D eigenvalue weighted by Crippen LogP contribution is -2.31. The van der Waals surface area contributed by atoms with Crippen molar-refractivity contribution in [2.75, 3.05) is 11.9 Å². The van der Waals surface area contributed by atoms with Gasteiger partial charge in [-0.05, 0) is 47.8 Å². The molecule has 3 aromatic rings. The monoisotopic (exact) mass is 462 g/mol. The number of furan rings is 1. The number of hydrazone groups is 1. The Labute approximate surface area is 192 Å². The van der Waals surface area contributed by atoms with Gasteiger partial charge in [-0.25, -0.2) is 9.80 Å². The molecule has 2 aromatic heterocycles. The molecule has 0 bridgehead atoms. The van der Waals surface area contributed by atoms with E-state index in [0.717, 1.165) is 10.6 Å². The number of carbonyl (C=O) groups excluding carboxylic acids is 3. The molecular formula is C23H18N4O5S. The normalized spacial score (nSPS) is 14.9. The molecule has 166 valence electrons. The van der Waals surface area contributed by atoms with Crippen LogP contribution >= 0.6 is 11.3 Å². The number of nitriles is 1. The van der Waals surface area contributed by atoms with Gasteiger partial charge in [0, 0.05) is 12.1 Å². The minimum atomic E-state index is -0.686. The van der Waals surface area contributed by atoms with E-state index in [9.17, 15) is 14.4 Å². The molecular weight excluding hydrogens is 444 g/mol. The van der Waals surface area contributed by atoms with Crippen molar-refractivity contribution in [3.63, 3.8) is 0 Å². The molecule has 4 rings (SSSR count). The molecule has 1 aromatic carbocycles. The quantitative estimate of drug-likeness (QED) is 0.534. The van der Waals surface area contributed by atoms with Gasteiger partial charge in [0.1, 0.15) is 18.2 Å². The fraction of sp³-hybridized carbons (Fsp3) is 0.174. The van der Waals surface area contributed by atoms with Gasteiger partial charge in [-0.3, -0.25) is 9.59 Å². The van der Waals surface area contributed by atoms with Crippen molar-refractivity contribution in [3.05, 3.63) is 76.4 Å². The number of esters is 1. The summed E-state index contributed by atoms with van der Waals surface area (Å²) in [7, 11) is 0. The summed E-state index contributed by atoms with van der Waals surface area (Å²) in [6.45, 7) is -0.488. The third-order valence-corrected chi connectivity index (χ3v) is 5.73. The molecule has 1 N–H and O–H groups in total. The summed E-state index contributed by atoms with van der Waals surface area (Å²) < 4.78 is 10.7. The van der Waals surface area contributed by atoms with E-state index in [1.807, 2.05) is 17.5 Å². The first-order valence-corrected chi connectivity index (χ1v) is 10.8. The van der Waals surface area contributed by atoms with Gasteiger partial charge in [0.25, 0.3) is 5.91 Å². The van der Waals surface area contributed by atoms with Crippen LogP contribution in [0.15, 0.2) is 69.7 Å². The van der Waals surface area contributed by atoms with Gasteiger partial charge in [-0.1, -0.05) is 6.07 Å². The van der Waals surface area contributed by atoms with E-state index in [0.29, 0.717) is 17.9 Å². The molecule has 1 unspecified atom stereocenters. The number of benzene rings is 1. The smallest absolute Gasteiger partial charge is 0.338 e. The molecule has 0 saturated heterocycles. The highest BCUT2D eigenvalue weighted by Crippen LogP contribution is 2.34. The van der Waals surface area contributed by atoms with E-state index in [1.165, 1.54) is 46.9 Å². The van der Waals surface area contributed by atoms with Gasteiger partial charge >= 0.3 is 5.97 Å². The van der Waals surface area contributed by atoms with E-state index < -0.39 is 30.4 Å². The maximum Gasteiger partial charge on any atom is 0.338 e. The minimum Gasteiger partial charge on any atom is -0.467 e. The fourth-order valence-electron chi connectivity index (χ4n) is 3.28. The number of ether oxygens (including phenoxy) is 1. The second kappa shape index (κ2) is 9.93. The van der Waals surface area contributed by atoms with Crippen molar-refractivity contribution in [3.8, 4) is 6.07 Å². The number of nitrogens with one attached hydrogen (secondary N) is 1. The molecule has 3 heterocycles. The van der Waals surface area contributed by atoms with Gasteiger partial charge in [0.05, 0.1) is 28.5 Å². The maximum absolute atomic E-state index is 12.9. The van der Waals surface area contributed by atoms with Gasteiger partial charge in [-0.15, -0.1) is 11.3 Å². The fourth-order valence-corrected chi connectivity index (χ4v) is 4.00. The summed E-state index contributed by atoms with van der Waals surface area (Å²) in [4.78, 5) is 37.7. The number of anilines is 1. The third-order valence-electron chi connectivity index (χ3n) is 4.81. The Bertz CT molecular complexity index is 1210. The van der Waals surface area contributed by atoms with E-state index in [1.54, 1.807) is 18.2 Å². The van der Waals surface area contributed by atoms with Crippen LogP contribution in [-0.4, -0.2) is 35.1 Å². The van der Waals surface area contributed by atoms with Crippen LogP contribution in [0.25, 0.3) is 0 Å². The van der Waals surface area contributed by atoms with E-state index in [2.05, 4.69) is 10.4 Å². The molecule has 0 fully saturated rings. The van der Waals surface area contributed by atoms with Crippen molar-refractivity contribution in [2.45, 2.75) is 18.9 Å². The number of hydrogen-bond donors (Lipinski definition) is 1. The summed E-state index contributed by atoms with van der Waals surface area (Å²) in [5, 5.41) is 18.8. The van der Waals surface area contributed by atoms with E-state index >= 15 is 0 Å². The Morgan fingerprint density at radius 2 is 2.03 bits per heavy atom. The average Bonchev–Trinajstić information content (AvgIpc) is 3.58. The number of carbonyl (C=O) groups is 3. The van der Waals surface area contributed by atoms with Crippen LogP contribution in [-0.2, 0) is 14.3 Å². The first-order chi connectivity index (χ1) is 16.0. The molecule has 1 aliphatic heterocycles. The van der Waals surface area contributed by atoms with E-state index in [-0.39, 0.29) is 12.0 Å². The number of rotatable bonds is 7. The van der Waals surface area contributed by atoms with Crippen molar-refractivity contribution in [1.82, 2.24) is 5.01 Å². The predicted octanol–water partition coefficient (Wildman–Crippen LogP) is 3.73. The lowest BCUT2D eigenvalue weighted by molar-refractivity contribution is -0.136. The van der Waals surface area contributed by atoms with Crippen LogP contribution in [0.2, 0.25) is 0 Å². The lowest BCUT2D eigenvalue weighted by Gasteiger charge is -2.19. The van der Waals surface area contributed by atoms with Gasteiger partial charge in [0.15, 0.2) is 6.61 Å². The van der Waals surface area contributed by atoms with Crippen molar-refractivity contribution < 1.29 is 23.5 Å². The summed E-state index contributed by atoms with van der Waals surface area (Å²) in [6, 6.07) is 14.7. The maximum atomic E-state index is 12.9. The molecule has 9 nitrogen and oxygen atoms in total. The van der Waals surface area contributed by atoms with E-state index in [4.69, 9.17) is 14.4 Å². The third kappa shape index (κ3) is 5.16. The average molecular weight is 462 g/mol. The summed E-state index contributed by atoms with van der Waals surface area (Å²) in [5.41, 5.74) is 1.42. The zero-order valence-corrected chi connectivity index (χ0v) is 18.1.